The molecule has 1 atom stereocenters. The third-order valence-electron chi connectivity index (χ3n) is 5.24. The number of H-pyrrole nitrogens is 1. The van der Waals surface area contributed by atoms with Gasteiger partial charge in [-0.1, -0.05) is 0 Å². The van der Waals surface area contributed by atoms with Gasteiger partial charge in [-0.3, -0.25) is 14.6 Å². The summed E-state index contributed by atoms with van der Waals surface area (Å²) in [6, 6.07) is 11.8. The number of piperidine rings is 1. The fourth-order valence-electron chi connectivity index (χ4n) is 3.61. The van der Waals surface area contributed by atoms with Gasteiger partial charge in [0.05, 0.1) is 12.8 Å². The molecule has 1 unspecified atom stereocenters. The molecule has 0 bridgehead atoms. The molecule has 3 aromatic rings. The molecule has 1 fully saturated rings. The third-order valence-corrected chi connectivity index (χ3v) is 5.24. The number of anilines is 1. The molecule has 3 heterocycles. The van der Waals surface area contributed by atoms with Crippen LogP contribution in [0.2, 0.25) is 0 Å². The smallest absolute Gasteiger partial charge is 0.272 e. The zero-order valence-corrected chi connectivity index (χ0v) is 16.8. The summed E-state index contributed by atoms with van der Waals surface area (Å²) in [5.74, 6) is 1.60. The van der Waals surface area contributed by atoms with Crippen molar-refractivity contribution in [3.63, 3.8) is 0 Å². The second kappa shape index (κ2) is 8.38. The summed E-state index contributed by atoms with van der Waals surface area (Å²) in [6.45, 7) is 4.40. The molecule has 0 aliphatic carbocycles. The Morgan fingerprint density at radius 1 is 1.31 bits per heavy atom. The molecule has 4 rings (SSSR count). The molecule has 8 nitrogen and oxygen atoms in total. The van der Waals surface area contributed by atoms with Crippen LogP contribution in [0.1, 0.15) is 30.3 Å². The molecule has 0 saturated carbocycles. The van der Waals surface area contributed by atoms with E-state index in [0.29, 0.717) is 5.69 Å². The quantitative estimate of drug-likeness (QED) is 0.671. The van der Waals surface area contributed by atoms with Crippen molar-refractivity contribution in [1.82, 2.24) is 25.3 Å². The monoisotopic (exact) mass is 394 g/mol. The lowest BCUT2D eigenvalue weighted by molar-refractivity contribution is 0.0927. The molecule has 152 valence electrons. The number of carbonyl (C=O) groups is 1. The number of rotatable bonds is 6. The Hall–Kier alpha value is -3.29. The first-order valence-corrected chi connectivity index (χ1v) is 9.95. The van der Waals surface area contributed by atoms with Crippen LogP contribution in [-0.4, -0.2) is 52.1 Å². The van der Waals surface area contributed by atoms with Gasteiger partial charge in [0.15, 0.2) is 5.82 Å². The van der Waals surface area contributed by atoms with Crippen LogP contribution in [0, 0.1) is 0 Å². The summed E-state index contributed by atoms with van der Waals surface area (Å²) in [7, 11) is 1.66. The number of aromatic amines is 1. The normalized spacial score (nSPS) is 16.6. The summed E-state index contributed by atoms with van der Waals surface area (Å²) >= 11 is 0. The molecule has 29 heavy (non-hydrogen) atoms. The van der Waals surface area contributed by atoms with Crippen LogP contribution in [0.5, 0.6) is 5.75 Å². The fraction of sp³-hybridized carbons (Fsp3) is 0.381. The molecule has 1 aliphatic rings. The minimum absolute atomic E-state index is 0.0733. The number of hydrogen-bond acceptors (Lipinski definition) is 5. The summed E-state index contributed by atoms with van der Waals surface area (Å²) in [5, 5.41) is 15.0. The fourth-order valence-corrected chi connectivity index (χ4v) is 3.61. The molecule has 1 saturated heterocycles. The van der Waals surface area contributed by atoms with Crippen LogP contribution in [0.25, 0.3) is 11.3 Å². The average molecular weight is 394 g/mol. The Morgan fingerprint density at radius 3 is 2.86 bits per heavy atom. The van der Waals surface area contributed by atoms with E-state index in [1.165, 1.54) is 0 Å². The number of nitrogens with one attached hydrogen (secondary N) is 2. The average Bonchev–Trinajstić information content (AvgIpc) is 3.44. The number of aryl methyl sites for hydroxylation is 1. The van der Waals surface area contributed by atoms with Crippen molar-refractivity contribution < 1.29 is 9.53 Å². The van der Waals surface area contributed by atoms with E-state index in [0.717, 1.165) is 55.3 Å². The van der Waals surface area contributed by atoms with Crippen molar-refractivity contribution in [3.05, 3.63) is 48.3 Å². The van der Waals surface area contributed by atoms with Gasteiger partial charge in [0.1, 0.15) is 11.4 Å². The predicted octanol–water partition coefficient (Wildman–Crippen LogP) is 2.70. The number of amides is 1. The molecule has 8 heteroatoms. The van der Waals surface area contributed by atoms with Gasteiger partial charge in [0, 0.05) is 37.9 Å². The van der Waals surface area contributed by atoms with Gasteiger partial charge >= 0.3 is 0 Å². The molecule has 2 N–H and O–H groups in total. The van der Waals surface area contributed by atoms with Crippen molar-refractivity contribution in [1.29, 1.82) is 0 Å². The number of ether oxygens (including phenoxy) is 1. The van der Waals surface area contributed by atoms with E-state index in [1.807, 2.05) is 37.4 Å². The standard InChI is InChI=1S/C21H26N6O2/c1-3-27-12-10-18(25-27)21(28)22-16-5-4-11-26(14-16)20-13-19(23-24-20)15-6-8-17(29-2)9-7-15/h6-10,12-13,16H,3-5,11,14H2,1-2H3,(H,22,28)(H,23,24). The highest BCUT2D eigenvalue weighted by molar-refractivity contribution is 5.92. The molecule has 2 aromatic heterocycles. The van der Waals surface area contributed by atoms with E-state index in [2.05, 4.69) is 31.6 Å². The first kappa shape index (κ1) is 19.0. The van der Waals surface area contributed by atoms with Gasteiger partial charge in [-0.05, 0) is 55.7 Å². The molecular weight excluding hydrogens is 368 g/mol. The number of methoxy groups -OCH3 is 1. The lowest BCUT2D eigenvalue weighted by Crippen LogP contribution is -2.48. The van der Waals surface area contributed by atoms with Gasteiger partial charge < -0.3 is 15.0 Å². The van der Waals surface area contributed by atoms with Crippen molar-refractivity contribution >= 4 is 11.7 Å². The van der Waals surface area contributed by atoms with Crippen LogP contribution in [0.4, 0.5) is 5.82 Å². The van der Waals surface area contributed by atoms with Gasteiger partial charge in [0.2, 0.25) is 0 Å². The zero-order chi connectivity index (χ0) is 20.2. The number of hydrogen-bond donors (Lipinski definition) is 2. The molecule has 0 spiro atoms. The second-order valence-corrected chi connectivity index (χ2v) is 7.18. The summed E-state index contributed by atoms with van der Waals surface area (Å²) in [4.78, 5) is 14.7. The first-order chi connectivity index (χ1) is 14.2. The Balaban J connectivity index is 1.40. The topological polar surface area (TPSA) is 88.1 Å². The van der Waals surface area contributed by atoms with Crippen LogP contribution in [-0.2, 0) is 6.54 Å². The van der Waals surface area contributed by atoms with E-state index in [9.17, 15) is 4.79 Å². The van der Waals surface area contributed by atoms with E-state index in [4.69, 9.17) is 4.74 Å². The van der Waals surface area contributed by atoms with Crippen LogP contribution in [0.15, 0.2) is 42.6 Å². The maximum absolute atomic E-state index is 12.5. The largest absolute Gasteiger partial charge is 0.497 e. The van der Waals surface area contributed by atoms with E-state index in [-0.39, 0.29) is 11.9 Å². The van der Waals surface area contributed by atoms with Gasteiger partial charge in [0.25, 0.3) is 5.91 Å². The molecule has 1 amide bonds. The third kappa shape index (κ3) is 4.26. The van der Waals surface area contributed by atoms with E-state index in [1.54, 1.807) is 17.9 Å². The Labute approximate surface area is 169 Å². The maximum atomic E-state index is 12.5. The molecule has 0 radical (unpaired) electrons. The van der Waals surface area contributed by atoms with Crippen LogP contribution < -0.4 is 15.0 Å². The first-order valence-electron chi connectivity index (χ1n) is 9.95. The number of aromatic nitrogens is 4. The van der Waals surface area contributed by atoms with Gasteiger partial charge in [-0.15, -0.1) is 0 Å². The van der Waals surface area contributed by atoms with Crippen molar-refractivity contribution in [3.8, 4) is 17.0 Å². The predicted molar refractivity (Wildman–Crippen MR) is 111 cm³/mol. The van der Waals surface area contributed by atoms with Crippen LogP contribution >= 0.6 is 0 Å². The summed E-state index contributed by atoms with van der Waals surface area (Å²) in [6.07, 6.45) is 3.78. The molecular formula is C21H26N6O2. The highest BCUT2D eigenvalue weighted by atomic mass is 16.5. The number of carbonyl (C=O) groups excluding carboxylic acids is 1. The van der Waals surface area contributed by atoms with Gasteiger partial charge in [-0.25, -0.2) is 0 Å². The minimum Gasteiger partial charge on any atom is -0.497 e. The number of nitrogens with zero attached hydrogens (tertiary/aromatic N) is 4. The zero-order valence-electron chi connectivity index (χ0n) is 16.8. The van der Waals surface area contributed by atoms with Crippen LogP contribution in [0.3, 0.4) is 0 Å². The van der Waals surface area contributed by atoms with E-state index >= 15 is 0 Å². The highest BCUT2D eigenvalue weighted by Crippen LogP contribution is 2.25. The van der Waals surface area contributed by atoms with Gasteiger partial charge in [-0.2, -0.15) is 10.2 Å². The minimum atomic E-state index is -0.120. The summed E-state index contributed by atoms with van der Waals surface area (Å²) in [5.41, 5.74) is 2.47. The maximum Gasteiger partial charge on any atom is 0.272 e. The Bertz CT molecular complexity index is 962. The SMILES string of the molecule is CCn1ccc(C(=O)NC2CCCN(c3cc(-c4ccc(OC)cc4)[nH]n3)C2)n1. The Morgan fingerprint density at radius 2 is 2.14 bits per heavy atom. The highest BCUT2D eigenvalue weighted by Gasteiger charge is 2.24. The Kier molecular flexibility index (Phi) is 5.50. The van der Waals surface area contributed by atoms with E-state index < -0.39 is 0 Å². The van der Waals surface area contributed by atoms with Crippen molar-refractivity contribution in [2.24, 2.45) is 0 Å². The molecule has 1 aromatic carbocycles. The molecule has 1 aliphatic heterocycles. The number of benzene rings is 1. The van der Waals surface area contributed by atoms with Crippen molar-refractivity contribution in [2.45, 2.75) is 32.4 Å². The summed E-state index contributed by atoms with van der Waals surface area (Å²) < 4.78 is 6.97. The lowest BCUT2D eigenvalue weighted by atomic mass is 10.1. The lowest BCUT2D eigenvalue weighted by Gasteiger charge is -2.33. The van der Waals surface area contributed by atoms with Crippen molar-refractivity contribution in [2.75, 3.05) is 25.1 Å². The second-order valence-electron chi connectivity index (χ2n) is 7.18.